The van der Waals surface area contributed by atoms with Gasteiger partial charge in [0.1, 0.15) is 11.6 Å². The Balaban J connectivity index is 2.04. The second-order valence-corrected chi connectivity index (χ2v) is 7.43. The van der Waals surface area contributed by atoms with Gasteiger partial charge < -0.3 is 25.3 Å². The van der Waals surface area contributed by atoms with E-state index in [9.17, 15) is 10.5 Å². The molecule has 8 nitrogen and oxygen atoms in total. The minimum absolute atomic E-state index is 0.0250. The maximum Gasteiger partial charge on any atom is 0.296 e. The first kappa shape index (κ1) is 19.3. The number of benzene rings is 1. The third-order valence-electron chi connectivity index (χ3n) is 6.51. The summed E-state index contributed by atoms with van der Waals surface area (Å²) in [6.45, 7) is 0. The molecule has 29 heavy (non-hydrogen) atoms. The predicted molar refractivity (Wildman–Crippen MR) is 104 cm³/mol. The van der Waals surface area contributed by atoms with Crippen LogP contribution in [-0.2, 0) is 9.47 Å². The summed E-state index contributed by atoms with van der Waals surface area (Å²) in [6.07, 6.45) is 2.28. The van der Waals surface area contributed by atoms with Crippen molar-refractivity contribution >= 4 is 5.84 Å². The number of nitrogens with one attached hydrogen (secondary N) is 1. The number of amidine groups is 1. The van der Waals surface area contributed by atoms with Gasteiger partial charge in [0.15, 0.2) is 10.8 Å². The van der Waals surface area contributed by atoms with Crippen molar-refractivity contribution in [2.45, 2.75) is 31.2 Å². The van der Waals surface area contributed by atoms with E-state index < -0.39 is 22.8 Å². The van der Waals surface area contributed by atoms with Gasteiger partial charge in [0, 0.05) is 19.9 Å². The van der Waals surface area contributed by atoms with Crippen LogP contribution in [0.3, 0.4) is 0 Å². The second-order valence-electron chi connectivity index (χ2n) is 7.43. The van der Waals surface area contributed by atoms with Crippen LogP contribution in [0.5, 0.6) is 5.75 Å². The Bertz CT molecular complexity index is 983. The number of allylic oxidation sites excluding steroid dienone is 1. The summed E-state index contributed by atoms with van der Waals surface area (Å²) in [6, 6.07) is 11.5. The van der Waals surface area contributed by atoms with Gasteiger partial charge in [-0.15, -0.1) is 0 Å². The van der Waals surface area contributed by atoms with Gasteiger partial charge in [-0.2, -0.15) is 10.5 Å². The highest BCUT2D eigenvalue weighted by Crippen LogP contribution is 2.67. The normalized spacial score (nSPS) is 31.8. The first-order valence-electron chi connectivity index (χ1n) is 9.41. The van der Waals surface area contributed by atoms with Crippen molar-refractivity contribution < 1.29 is 14.2 Å². The van der Waals surface area contributed by atoms with Crippen LogP contribution in [0.4, 0.5) is 0 Å². The Hall–Kier alpha value is -3.07. The standard InChI is InChI=1S/C21H23N5O3/c1-27-14-9-7-13(8-10-14)17-19(11-22)18(24)26-21(28-2,29-3)20(19,12-23)15-5-4-6-16(15)25-17/h7-10,17,25H,4-6H2,1-3H3,(H2,24,26)/t17-,19-,20+/m1/s1. The molecule has 0 amide bonds. The number of hydrogen-bond donors (Lipinski definition) is 2. The van der Waals surface area contributed by atoms with Crippen molar-refractivity contribution in [3.63, 3.8) is 0 Å². The van der Waals surface area contributed by atoms with Crippen LogP contribution in [0.15, 0.2) is 40.5 Å². The highest BCUT2D eigenvalue weighted by Gasteiger charge is 2.79. The minimum Gasteiger partial charge on any atom is -0.497 e. The van der Waals surface area contributed by atoms with Crippen molar-refractivity contribution in [2.24, 2.45) is 21.6 Å². The van der Waals surface area contributed by atoms with Crippen LogP contribution in [0.1, 0.15) is 30.9 Å². The van der Waals surface area contributed by atoms with Gasteiger partial charge in [0.2, 0.25) is 0 Å². The van der Waals surface area contributed by atoms with Crippen molar-refractivity contribution in [1.82, 2.24) is 5.32 Å². The van der Waals surface area contributed by atoms with Crippen molar-refractivity contribution in [2.75, 3.05) is 21.3 Å². The third-order valence-corrected chi connectivity index (χ3v) is 6.51. The maximum atomic E-state index is 10.6. The molecule has 150 valence electrons. The van der Waals surface area contributed by atoms with E-state index in [1.54, 1.807) is 7.11 Å². The molecule has 0 saturated carbocycles. The topological polar surface area (TPSA) is 126 Å². The number of nitrogens with zero attached hydrogens (tertiary/aromatic N) is 3. The van der Waals surface area contributed by atoms with Gasteiger partial charge in [0.05, 0.1) is 25.3 Å². The molecule has 3 aliphatic rings. The highest BCUT2D eigenvalue weighted by molar-refractivity contribution is 5.96. The third kappa shape index (κ3) is 2.05. The average molecular weight is 393 g/mol. The Morgan fingerprint density at radius 1 is 1.10 bits per heavy atom. The Kier molecular flexibility index (Phi) is 4.30. The molecular formula is C21H23N5O3. The summed E-state index contributed by atoms with van der Waals surface area (Å²) in [7, 11) is 4.44. The van der Waals surface area contributed by atoms with Crippen molar-refractivity contribution in [3.05, 3.63) is 41.1 Å². The smallest absolute Gasteiger partial charge is 0.296 e. The van der Waals surface area contributed by atoms with Gasteiger partial charge in [-0.3, -0.25) is 0 Å². The van der Waals surface area contributed by atoms with E-state index in [2.05, 4.69) is 22.4 Å². The summed E-state index contributed by atoms with van der Waals surface area (Å²) >= 11 is 0. The monoisotopic (exact) mass is 393 g/mol. The summed E-state index contributed by atoms with van der Waals surface area (Å²) in [4.78, 5) is 4.46. The number of hydrogen-bond acceptors (Lipinski definition) is 8. The molecular weight excluding hydrogens is 370 g/mol. The predicted octanol–water partition coefficient (Wildman–Crippen LogP) is 2.11. The zero-order chi connectivity index (χ0) is 20.9. The molecule has 0 radical (unpaired) electrons. The summed E-state index contributed by atoms with van der Waals surface area (Å²) in [5.74, 6) is -0.977. The Labute approximate surface area is 169 Å². The van der Waals surface area contributed by atoms with Crippen LogP contribution >= 0.6 is 0 Å². The van der Waals surface area contributed by atoms with E-state index in [0.29, 0.717) is 12.2 Å². The Morgan fingerprint density at radius 2 is 1.79 bits per heavy atom. The van der Waals surface area contributed by atoms with E-state index in [0.717, 1.165) is 29.7 Å². The van der Waals surface area contributed by atoms with Crippen LogP contribution < -0.4 is 15.8 Å². The largest absolute Gasteiger partial charge is 0.497 e. The fraction of sp³-hybridized carbons (Fsp3) is 0.476. The molecule has 0 fully saturated rings. The lowest BCUT2D eigenvalue weighted by molar-refractivity contribution is -0.253. The number of nitrogens with two attached hydrogens (primary N) is 1. The molecule has 0 aromatic heterocycles. The first-order chi connectivity index (χ1) is 14.0. The summed E-state index contributed by atoms with van der Waals surface area (Å²) in [5, 5.41) is 24.6. The zero-order valence-electron chi connectivity index (χ0n) is 16.7. The number of methoxy groups -OCH3 is 3. The lowest BCUT2D eigenvalue weighted by Crippen LogP contribution is -2.63. The van der Waals surface area contributed by atoms with Crippen LogP contribution in [-0.4, -0.2) is 33.1 Å². The first-order valence-corrected chi connectivity index (χ1v) is 9.41. The van der Waals surface area contributed by atoms with Gasteiger partial charge in [-0.05, 0) is 42.5 Å². The molecule has 1 aliphatic carbocycles. The van der Waals surface area contributed by atoms with E-state index in [-0.39, 0.29) is 5.84 Å². The molecule has 3 atom stereocenters. The fourth-order valence-corrected chi connectivity index (χ4v) is 5.21. The number of rotatable bonds is 4. The summed E-state index contributed by atoms with van der Waals surface area (Å²) in [5.41, 5.74) is 5.92. The molecule has 0 bridgehead atoms. The molecule has 2 aliphatic heterocycles. The van der Waals surface area contributed by atoms with E-state index in [1.807, 2.05) is 24.3 Å². The molecule has 4 rings (SSSR count). The SMILES string of the molecule is COc1ccc([C@H]2NC3=C(CCC3)[C@]3(C#N)C(OC)(OC)N=C(N)[C@@]23C#N)cc1. The quantitative estimate of drug-likeness (QED) is 0.750. The van der Waals surface area contributed by atoms with E-state index >= 15 is 0 Å². The number of ether oxygens (including phenoxy) is 3. The van der Waals surface area contributed by atoms with Gasteiger partial charge >= 0.3 is 0 Å². The maximum absolute atomic E-state index is 10.6. The second kappa shape index (κ2) is 6.48. The van der Waals surface area contributed by atoms with Gasteiger partial charge in [0.25, 0.3) is 5.91 Å². The molecule has 0 saturated heterocycles. The number of aliphatic imine (C=N–C) groups is 1. The minimum atomic E-state index is -1.70. The van der Waals surface area contributed by atoms with Crippen LogP contribution in [0.2, 0.25) is 0 Å². The molecule has 8 heteroatoms. The molecule has 0 spiro atoms. The number of nitriles is 2. The average Bonchev–Trinajstić information content (AvgIpc) is 3.32. The fourth-order valence-electron chi connectivity index (χ4n) is 5.21. The van der Waals surface area contributed by atoms with Gasteiger partial charge in [-0.25, -0.2) is 4.99 Å². The summed E-state index contributed by atoms with van der Waals surface area (Å²) < 4.78 is 16.6. The molecule has 0 unspecified atom stereocenters. The lowest BCUT2D eigenvalue weighted by Gasteiger charge is -2.51. The lowest BCUT2D eigenvalue weighted by atomic mass is 9.53. The molecule has 3 N–H and O–H groups in total. The molecule has 1 aromatic rings. The van der Waals surface area contributed by atoms with Crippen molar-refractivity contribution in [1.29, 1.82) is 10.5 Å². The van der Waals surface area contributed by atoms with E-state index in [4.69, 9.17) is 19.9 Å². The number of fused-ring (bicyclic) bond motifs is 2. The zero-order valence-corrected chi connectivity index (χ0v) is 16.7. The van der Waals surface area contributed by atoms with Crippen LogP contribution in [0.25, 0.3) is 0 Å². The van der Waals surface area contributed by atoms with Crippen LogP contribution in [0, 0.1) is 33.5 Å². The highest BCUT2D eigenvalue weighted by atomic mass is 16.7. The van der Waals surface area contributed by atoms with E-state index in [1.165, 1.54) is 14.2 Å². The van der Waals surface area contributed by atoms with Gasteiger partial charge in [-0.1, -0.05) is 12.1 Å². The van der Waals surface area contributed by atoms with Crippen molar-refractivity contribution in [3.8, 4) is 17.9 Å². The molecule has 2 heterocycles. The Morgan fingerprint density at radius 3 is 2.34 bits per heavy atom. The molecule has 1 aromatic carbocycles.